The molecule has 1 unspecified atom stereocenters. The second-order valence-electron chi connectivity index (χ2n) is 10.3. The van der Waals surface area contributed by atoms with Crippen molar-refractivity contribution >= 4 is 18.0 Å². The molecule has 2 aliphatic rings. The minimum absolute atomic E-state index is 0.0380. The summed E-state index contributed by atoms with van der Waals surface area (Å²) in [6, 6.07) is 14.9. The van der Waals surface area contributed by atoms with Gasteiger partial charge < -0.3 is 20.5 Å². The van der Waals surface area contributed by atoms with Gasteiger partial charge in [-0.3, -0.25) is 4.79 Å². The summed E-state index contributed by atoms with van der Waals surface area (Å²) in [7, 11) is 0. The molecular weight excluding hydrogens is 432 g/mol. The van der Waals surface area contributed by atoms with Crippen LogP contribution in [0.4, 0.5) is 4.79 Å². The van der Waals surface area contributed by atoms with Crippen molar-refractivity contribution < 1.29 is 24.2 Å². The first-order chi connectivity index (χ1) is 16.2. The van der Waals surface area contributed by atoms with Crippen LogP contribution < -0.4 is 10.6 Å². The number of carboxylic acid groups (broad SMARTS) is 1. The van der Waals surface area contributed by atoms with Gasteiger partial charge >= 0.3 is 12.1 Å². The molecule has 3 N–H and O–H groups in total. The number of hydrogen-bond donors (Lipinski definition) is 3. The molecule has 1 fully saturated rings. The lowest BCUT2D eigenvalue weighted by Crippen LogP contribution is -2.53. The molecule has 7 heteroatoms. The fraction of sp³-hybridized carbons (Fsp3) is 0.444. The number of aliphatic carboxylic acids is 1. The van der Waals surface area contributed by atoms with Crippen LogP contribution in [0.3, 0.4) is 0 Å². The van der Waals surface area contributed by atoms with Gasteiger partial charge in [-0.05, 0) is 40.5 Å². The molecule has 0 aliphatic heterocycles. The number of fused-ring (bicyclic) bond motifs is 3. The summed E-state index contributed by atoms with van der Waals surface area (Å²) in [5.41, 5.74) is 3.96. The lowest BCUT2D eigenvalue weighted by molar-refractivity contribution is -0.145. The van der Waals surface area contributed by atoms with E-state index in [9.17, 15) is 19.5 Å². The topological polar surface area (TPSA) is 105 Å². The Bertz CT molecular complexity index is 1040. The molecule has 2 aromatic rings. The quantitative estimate of drug-likeness (QED) is 0.591. The van der Waals surface area contributed by atoms with E-state index in [1.807, 2.05) is 24.3 Å². The first-order valence-corrected chi connectivity index (χ1v) is 11.8. The van der Waals surface area contributed by atoms with Crippen molar-refractivity contribution in [1.29, 1.82) is 0 Å². The van der Waals surface area contributed by atoms with Gasteiger partial charge in [-0.15, -0.1) is 0 Å². The van der Waals surface area contributed by atoms with Crippen molar-refractivity contribution in [2.75, 3.05) is 6.61 Å². The lowest BCUT2D eigenvalue weighted by atomic mass is 9.86. The highest BCUT2D eigenvalue weighted by molar-refractivity contribution is 5.86. The van der Waals surface area contributed by atoms with Crippen molar-refractivity contribution in [1.82, 2.24) is 10.6 Å². The van der Waals surface area contributed by atoms with E-state index < -0.39 is 29.4 Å². The Labute approximate surface area is 199 Å². The van der Waals surface area contributed by atoms with Gasteiger partial charge in [-0.1, -0.05) is 75.7 Å². The van der Waals surface area contributed by atoms with Crippen LogP contribution in [0.15, 0.2) is 48.5 Å². The molecule has 34 heavy (non-hydrogen) atoms. The van der Waals surface area contributed by atoms with Crippen molar-refractivity contribution in [2.45, 2.75) is 58.0 Å². The van der Waals surface area contributed by atoms with E-state index in [1.165, 1.54) is 0 Å². The van der Waals surface area contributed by atoms with Crippen LogP contribution in [0.5, 0.6) is 0 Å². The smallest absolute Gasteiger partial charge is 0.407 e. The summed E-state index contributed by atoms with van der Waals surface area (Å²) in [5, 5.41) is 15.0. The van der Waals surface area contributed by atoms with Gasteiger partial charge in [0.2, 0.25) is 5.91 Å². The van der Waals surface area contributed by atoms with Gasteiger partial charge in [0.25, 0.3) is 0 Å². The summed E-state index contributed by atoms with van der Waals surface area (Å²) >= 11 is 0. The molecule has 2 aliphatic carbocycles. The number of hydrogen-bond acceptors (Lipinski definition) is 4. The van der Waals surface area contributed by atoms with Crippen LogP contribution in [0, 0.1) is 11.3 Å². The van der Waals surface area contributed by atoms with Crippen LogP contribution in [-0.4, -0.2) is 41.8 Å². The monoisotopic (exact) mass is 464 g/mol. The predicted octanol–water partition coefficient (Wildman–Crippen LogP) is 4.31. The Morgan fingerprint density at radius 1 is 1.00 bits per heavy atom. The van der Waals surface area contributed by atoms with Crippen LogP contribution in [0.25, 0.3) is 11.1 Å². The molecule has 0 bridgehead atoms. The molecule has 0 radical (unpaired) electrons. The molecule has 0 heterocycles. The minimum atomic E-state index is -1.07. The Balaban J connectivity index is 1.38. The summed E-state index contributed by atoms with van der Waals surface area (Å²) in [4.78, 5) is 37.2. The summed E-state index contributed by atoms with van der Waals surface area (Å²) in [6.45, 7) is 5.52. The molecule has 2 aromatic carbocycles. The number of alkyl carbamates (subject to hydrolysis) is 1. The number of rotatable bonds is 6. The maximum atomic E-state index is 12.9. The van der Waals surface area contributed by atoms with E-state index in [0.29, 0.717) is 12.8 Å². The average Bonchev–Trinajstić information content (AvgIpc) is 3.37. The minimum Gasteiger partial charge on any atom is -0.480 e. The molecule has 0 saturated heterocycles. The largest absolute Gasteiger partial charge is 0.480 e. The Kier molecular flexibility index (Phi) is 6.64. The molecule has 3 atom stereocenters. The maximum Gasteiger partial charge on any atom is 0.407 e. The SMILES string of the molecule is CC(C)(C)C(NC(=O)[C@H]1CCC[C@H]1NC(=O)OCC1c2ccccc2-c2ccccc21)C(=O)O. The fourth-order valence-electron chi connectivity index (χ4n) is 5.14. The van der Waals surface area contributed by atoms with Crippen molar-refractivity contribution in [2.24, 2.45) is 11.3 Å². The number of nitrogens with one attached hydrogen (secondary N) is 2. The van der Waals surface area contributed by atoms with E-state index in [0.717, 1.165) is 28.7 Å². The Morgan fingerprint density at radius 2 is 1.59 bits per heavy atom. The van der Waals surface area contributed by atoms with E-state index in [1.54, 1.807) is 20.8 Å². The van der Waals surface area contributed by atoms with Gasteiger partial charge in [0, 0.05) is 12.0 Å². The van der Waals surface area contributed by atoms with Crippen molar-refractivity contribution in [3.63, 3.8) is 0 Å². The van der Waals surface area contributed by atoms with Gasteiger partial charge in [0.15, 0.2) is 0 Å². The first-order valence-electron chi connectivity index (χ1n) is 11.8. The maximum absolute atomic E-state index is 12.9. The third kappa shape index (κ3) is 4.79. The number of carbonyl (C=O) groups excluding carboxylic acids is 2. The van der Waals surface area contributed by atoms with Crippen LogP contribution >= 0.6 is 0 Å². The first kappa shape index (κ1) is 23.8. The molecule has 0 spiro atoms. The number of carbonyl (C=O) groups is 3. The van der Waals surface area contributed by atoms with Gasteiger partial charge in [0.1, 0.15) is 12.6 Å². The van der Waals surface area contributed by atoms with Crippen LogP contribution in [-0.2, 0) is 14.3 Å². The molecule has 7 nitrogen and oxygen atoms in total. The molecule has 0 aromatic heterocycles. The lowest BCUT2D eigenvalue weighted by Gasteiger charge is -2.30. The number of benzene rings is 2. The summed E-state index contributed by atoms with van der Waals surface area (Å²) in [6.07, 6.45) is 1.46. The number of carboxylic acids is 1. The van der Waals surface area contributed by atoms with Crippen molar-refractivity contribution in [3.05, 3.63) is 59.7 Å². The fourth-order valence-corrected chi connectivity index (χ4v) is 5.14. The predicted molar refractivity (Wildman–Crippen MR) is 128 cm³/mol. The third-order valence-electron chi connectivity index (χ3n) is 6.90. The average molecular weight is 465 g/mol. The molecule has 1 saturated carbocycles. The van der Waals surface area contributed by atoms with E-state index in [-0.39, 0.29) is 24.5 Å². The zero-order valence-electron chi connectivity index (χ0n) is 19.8. The molecule has 2 amide bonds. The van der Waals surface area contributed by atoms with Gasteiger partial charge in [0.05, 0.1) is 5.92 Å². The highest BCUT2D eigenvalue weighted by atomic mass is 16.5. The van der Waals surface area contributed by atoms with E-state index >= 15 is 0 Å². The molecule has 180 valence electrons. The van der Waals surface area contributed by atoms with Gasteiger partial charge in [-0.25, -0.2) is 9.59 Å². The number of amides is 2. The standard InChI is InChI=1S/C27H32N2O5/c1-27(2,3)23(25(31)32)29-24(30)20-13-8-14-22(20)28-26(33)34-15-21-18-11-6-4-9-16(18)17-10-5-7-12-19(17)21/h4-7,9-12,20-23H,8,13-15H2,1-3H3,(H,28,33)(H,29,30)(H,31,32)/t20-,22+,23?/m0/s1. The highest BCUT2D eigenvalue weighted by Gasteiger charge is 2.39. The zero-order valence-corrected chi connectivity index (χ0v) is 19.8. The summed E-state index contributed by atoms with van der Waals surface area (Å²) < 4.78 is 5.63. The highest BCUT2D eigenvalue weighted by Crippen LogP contribution is 2.44. The Hall–Kier alpha value is -3.35. The summed E-state index contributed by atoms with van der Waals surface area (Å²) in [5.74, 6) is -1.93. The van der Waals surface area contributed by atoms with E-state index in [2.05, 4.69) is 34.9 Å². The second-order valence-corrected chi connectivity index (χ2v) is 10.3. The van der Waals surface area contributed by atoms with E-state index in [4.69, 9.17) is 4.74 Å². The van der Waals surface area contributed by atoms with Crippen LogP contribution in [0.1, 0.15) is 57.1 Å². The third-order valence-corrected chi connectivity index (χ3v) is 6.90. The Morgan fingerprint density at radius 3 is 2.15 bits per heavy atom. The van der Waals surface area contributed by atoms with Gasteiger partial charge in [-0.2, -0.15) is 0 Å². The number of ether oxygens (including phenoxy) is 1. The molecule has 4 rings (SSSR count). The zero-order chi connectivity index (χ0) is 24.5. The normalized spacial score (nSPS) is 20.2. The molecular formula is C27H32N2O5. The second kappa shape index (κ2) is 9.49. The van der Waals surface area contributed by atoms with Crippen molar-refractivity contribution in [3.8, 4) is 11.1 Å². The van der Waals surface area contributed by atoms with Crippen LogP contribution in [0.2, 0.25) is 0 Å².